The highest BCUT2D eigenvalue weighted by atomic mass is 32.2. The first kappa shape index (κ1) is 22.4. The summed E-state index contributed by atoms with van der Waals surface area (Å²) >= 11 is 1.10. The average molecular weight is 475 g/mol. The van der Waals surface area contributed by atoms with Crippen LogP contribution < -0.4 is 4.74 Å². The zero-order valence-corrected chi connectivity index (χ0v) is 19.2. The van der Waals surface area contributed by atoms with Gasteiger partial charge < -0.3 is 9.64 Å². The normalized spacial score (nSPS) is 14.1. The molecule has 4 rings (SSSR count). The van der Waals surface area contributed by atoms with E-state index in [9.17, 15) is 17.6 Å². The van der Waals surface area contributed by atoms with Gasteiger partial charge in [0, 0.05) is 20.1 Å². The molecule has 0 N–H and O–H groups in total. The number of nitrogens with zero attached hydrogens (tertiary/aromatic N) is 2. The molecule has 32 heavy (non-hydrogen) atoms. The van der Waals surface area contributed by atoms with Gasteiger partial charge in [-0.2, -0.15) is 4.31 Å². The Kier molecular flexibility index (Phi) is 6.59. The first-order valence-electron chi connectivity index (χ1n) is 10.1. The Labute approximate surface area is 190 Å². The standard InChI is InChI=1S/C23H23FN2O4S2/c1-25(13-14-30-20-9-5-4-8-19(20)24)23(27)22-21(11-15-31-22)32(28,29)26-12-10-17-6-2-3-7-18(17)16-26/h2-9,11,15H,10,12-14,16H2,1H3. The van der Waals surface area contributed by atoms with Gasteiger partial charge >= 0.3 is 0 Å². The van der Waals surface area contributed by atoms with Gasteiger partial charge in [0.25, 0.3) is 5.91 Å². The van der Waals surface area contributed by atoms with Crippen molar-refractivity contribution in [2.24, 2.45) is 0 Å². The molecule has 2 heterocycles. The van der Waals surface area contributed by atoms with Crippen LogP contribution in [0.2, 0.25) is 0 Å². The van der Waals surface area contributed by atoms with Crippen LogP contribution in [0.25, 0.3) is 0 Å². The number of benzene rings is 2. The van der Waals surface area contributed by atoms with Gasteiger partial charge in [-0.25, -0.2) is 12.8 Å². The number of amides is 1. The van der Waals surface area contributed by atoms with Gasteiger partial charge in [0.2, 0.25) is 10.0 Å². The SMILES string of the molecule is CN(CCOc1ccccc1F)C(=O)c1sccc1S(=O)(=O)N1CCc2ccccc2C1. The highest BCUT2D eigenvalue weighted by Gasteiger charge is 2.33. The van der Waals surface area contributed by atoms with Crippen molar-refractivity contribution in [3.8, 4) is 5.75 Å². The first-order chi connectivity index (χ1) is 15.4. The summed E-state index contributed by atoms with van der Waals surface area (Å²) in [6.45, 7) is 0.921. The summed E-state index contributed by atoms with van der Waals surface area (Å²) in [6.07, 6.45) is 0.635. The highest BCUT2D eigenvalue weighted by Crippen LogP contribution is 2.30. The van der Waals surface area contributed by atoms with Gasteiger partial charge in [-0.1, -0.05) is 36.4 Å². The van der Waals surface area contributed by atoms with Crippen molar-refractivity contribution in [1.82, 2.24) is 9.21 Å². The van der Waals surface area contributed by atoms with Gasteiger partial charge in [-0.3, -0.25) is 4.79 Å². The van der Waals surface area contributed by atoms with Crippen molar-refractivity contribution >= 4 is 27.3 Å². The Bertz CT molecular complexity index is 1230. The van der Waals surface area contributed by atoms with E-state index in [1.54, 1.807) is 24.6 Å². The van der Waals surface area contributed by atoms with Gasteiger partial charge in [0.15, 0.2) is 11.6 Å². The summed E-state index contributed by atoms with van der Waals surface area (Å²) in [6, 6.07) is 15.3. The number of sulfonamides is 1. The van der Waals surface area contributed by atoms with Crippen LogP contribution in [0.4, 0.5) is 4.39 Å². The second-order valence-corrected chi connectivity index (χ2v) is 10.3. The van der Waals surface area contributed by atoms with Crippen LogP contribution in [0.15, 0.2) is 64.9 Å². The fourth-order valence-corrected chi connectivity index (χ4v) is 6.41. The van der Waals surface area contributed by atoms with Crippen LogP contribution in [0.3, 0.4) is 0 Å². The second kappa shape index (κ2) is 9.40. The van der Waals surface area contributed by atoms with Gasteiger partial charge in [0.1, 0.15) is 16.4 Å². The lowest BCUT2D eigenvalue weighted by Gasteiger charge is -2.28. The molecule has 0 saturated carbocycles. The number of carbonyl (C=O) groups excluding carboxylic acids is 1. The van der Waals surface area contributed by atoms with E-state index >= 15 is 0 Å². The van der Waals surface area contributed by atoms with Crippen molar-refractivity contribution in [2.75, 3.05) is 26.7 Å². The minimum absolute atomic E-state index is 0.0220. The molecule has 1 amide bonds. The van der Waals surface area contributed by atoms with Gasteiger partial charge in [0.05, 0.1) is 6.54 Å². The Morgan fingerprint density at radius 2 is 1.84 bits per heavy atom. The smallest absolute Gasteiger partial charge is 0.265 e. The van der Waals surface area contributed by atoms with Crippen LogP contribution in [-0.2, 0) is 23.0 Å². The van der Waals surface area contributed by atoms with E-state index in [0.717, 1.165) is 22.5 Å². The quantitative estimate of drug-likeness (QED) is 0.523. The molecule has 2 aromatic carbocycles. The molecule has 0 fully saturated rings. The number of rotatable bonds is 7. The molecule has 1 aliphatic rings. The summed E-state index contributed by atoms with van der Waals surface area (Å²) < 4.78 is 47.2. The third-order valence-corrected chi connectivity index (χ3v) is 8.32. The Morgan fingerprint density at radius 3 is 2.62 bits per heavy atom. The maximum absolute atomic E-state index is 13.7. The van der Waals surface area contributed by atoms with E-state index < -0.39 is 21.7 Å². The summed E-state index contributed by atoms with van der Waals surface area (Å²) in [5.74, 6) is -0.776. The molecule has 168 valence electrons. The molecule has 9 heteroatoms. The number of likely N-dealkylation sites (N-methyl/N-ethyl adjacent to an activating group) is 1. The number of halogens is 1. The molecular formula is C23H23FN2O4S2. The summed E-state index contributed by atoms with van der Waals surface area (Å²) in [4.78, 5) is 14.6. The third kappa shape index (κ3) is 4.55. The molecule has 6 nitrogen and oxygen atoms in total. The molecule has 0 saturated heterocycles. The summed E-state index contributed by atoms with van der Waals surface area (Å²) in [7, 11) is -2.25. The van der Waals surface area contributed by atoms with Crippen molar-refractivity contribution in [1.29, 1.82) is 0 Å². The van der Waals surface area contributed by atoms with E-state index in [0.29, 0.717) is 13.0 Å². The molecule has 0 aliphatic carbocycles. The topological polar surface area (TPSA) is 66.9 Å². The largest absolute Gasteiger partial charge is 0.489 e. The number of fused-ring (bicyclic) bond motifs is 1. The monoisotopic (exact) mass is 474 g/mol. The Morgan fingerprint density at radius 1 is 1.12 bits per heavy atom. The Balaban J connectivity index is 1.45. The lowest BCUT2D eigenvalue weighted by Crippen LogP contribution is -2.37. The molecule has 3 aromatic rings. The number of thiophene rings is 1. The zero-order valence-electron chi connectivity index (χ0n) is 17.5. The van der Waals surface area contributed by atoms with Crippen molar-refractivity contribution in [3.63, 3.8) is 0 Å². The maximum atomic E-state index is 13.7. The molecule has 0 spiro atoms. The highest BCUT2D eigenvalue weighted by molar-refractivity contribution is 7.89. The fourth-order valence-electron chi connectivity index (χ4n) is 3.60. The predicted molar refractivity (Wildman–Crippen MR) is 121 cm³/mol. The number of para-hydroxylation sites is 1. The maximum Gasteiger partial charge on any atom is 0.265 e. The molecular weight excluding hydrogens is 451 g/mol. The van der Waals surface area contributed by atoms with Crippen LogP contribution >= 0.6 is 11.3 Å². The molecule has 1 aliphatic heterocycles. The first-order valence-corrected chi connectivity index (χ1v) is 12.5. The summed E-state index contributed by atoms with van der Waals surface area (Å²) in [5.41, 5.74) is 2.13. The van der Waals surface area contributed by atoms with Crippen LogP contribution in [0.5, 0.6) is 5.75 Å². The third-order valence-electron chi connectivity index (χ3n) is 5.40. The number of hydrogen-bond donors (Lipinski definition) is 0. The van der Waals surface area contributed by atoms with Crippen LogP contribution in [-0.4, -0.2) is 50.3 Å². The Hall–Kier alpha value is -2.75. The molecule has 0 bridgehead atoms. The minimum atomic E-state index is -3.82. The molecule has 0 unspecified atom stereocenters. The lowest BCUT2D eigenvalue weighted by molar-refractivity contribution is 0.0774. The lowest BCUT2D eigenvalue weighted by atomic mass is 10.0. The number of carbonyl (C=O) groups is 1. The van der Waals surface area contributed by atoms with Gasteiger partial charge in [-0.15, -0.1) is 11.3 Å². The molecule has 0 atom stereocenters. The van der Waals surface area contributed by atoms with E-state index in [4.69, 9.17) is 4.74 Å². The van der Waals surface area contributed by atoms with Crippen molar-refractivity contribution < 1.29 is 22.3 Å². The zero-order chi connectivity index (χ0) is 22.7. The van der Waals surface area contributed by atoms with Crippen molar-refractivity contribution in [3.05, 3.63) is 81.8 Å². The average Bonchev–Trinajstić information content (AvgIpc) is 3.30. The number of hydrogen-bond acceptors (Lipinski definition) is 5. The van der Waals surface area contributed by atoms with E-state index in [-0.39, 0.29) is 35.2 Å². The van der Waals surface area contributed by atoms with Gasteiger partial charge in [-0.05, 0) is 41.1 Å². The molecule has 0 radical (unpaired) electrons. The van der Waals surface area contributed by atoms with E-state index in [1.807, 2.05) is 24.3 Å². The van der Waals surface area contributed by atoms with Crippen LogP contribution in [0.1, 0.15) is 20.8 Å². The van der Waals surface area contributed by atoms with Crippen molar-refractivity contribution in [2.45, 2.75) is 17.9 Å². The fraction of sp³-hybridized carbons (Fsp3) is 0.261. The predicted octanol–water partition coefficient (Wildman–Crippen LogP) is 3.79. The van der Waals surface area contributed by atoms with E-state index in [2.05, 4.69) is 0 Å². The summed E-state index contributed by atoms with van der Waals surface area (Å²) in [5, 5.41) is 1.61. The number of ether oxygens (including phenoxy) is 1. The van der Waals surface area contributed by atoms with E-state index in [1.165, 1.54) is 27.4 Å². The second-order valence-electron chi connectivity index (χ2n) is 7.48. The molecule has 1 aromatic heterocycles. The minimum Gasteiger partial charge on any atom is -0.489 e. The van der Waals surface area contributed by atoms with Crippen LogP contribution in [0, 0.1) is 5.82 Å².